The molecule has 8 heteroatoms. The normalized spacial score (nSPS) is 19.4. The van der Waals surface area contributed by atoms with Gasteiger partial charge in [-0.3, -0.25) is 10.3 Å². The van der Waals surface area contributed by atoms with E-state index >= 15 is 0 Å². The first kappa shape index (κ1) is 22.8. The fourth-order valence-electron chi connectivity index (χ4n) is 4.02. The summed E-state index contributed by atoms with van der Waals surface area (Å²) in [7, 11) is -3.31. The SMILES string of the molecule is CCCC1CCC(S(=O)(=O)c2ccc(CN=C(NC#N)Nc3ccncc3)cc2)CC1. The Balaban J connectivity index is 1.63. The van der Waals surface area contributed by atoms with Crippen molar-refractivity contribution in [3.63, 3.8) is 0 Å². The fraction of sp³-hybridized carbons (Fsp3) is 0.435. The van der Waals surface area contributed by atoms with Crippen molar-refractivity contribution in [1.82, 2.24) is 10.3 Å². The summed E-state index contributed by atoms with van der Waals surface area (Å²) in [4.78, 5) is 8.72. The summed E-state index contributed by atoms with van der Waals surface area (Å²) in [6, 6.07) is 10.5. The Kier molecular flexibility index (Phi) is 8.01. The van der Waals surface area contributed by atoms with Crippen molar-refractivity contribution in [2.24, 2.45) is 10.9 Å². The fourth-order valence-corrected chi connectivity index (χ4v) is 5.81. The third-order valence-corrected chi connectivity index (χ3v) is 8.00. The Labute approximate surface area is 184 Å². The molecule has 0 bridgehead atoms. The Morgan fingerprint density at radius 2 is 1.81 bits per heavy atom. The van der Waals surface area contributed by atoms with Gasteiger partial charge in [-0.15, -0.1) is 0 Å². The van der Waals surface area contributed by atoms with Crippen LogP contribution in [0.1, 0.15) is 51.0 Å². The van der Waals surface area contributed by atoms with E-state index in [1.54, 1.807) is 48.8 Å². The molecule has 1 saturated carbocycles. The molecule has 0 spiro atoms. The van der Waals surface area contributed by atoms with E-state index in [1.807, 2.05) is 6.19 Å². The molecule has 0 radical (unpaired) electrons. The van der Waals surface area contributed by atoms with E-state index in [9.17, 15) is 8.42 Å². The van der Waals surface area contributed by atoms with E-state index in [2.05, 4.69) is 27.5 Å². The summed E-state index contributed by atoms with van der Waals surface area (Å²) in [5, 5.41) is 14.2. The number of hydrogen-bond donors (Lipinski definition) is 2. The van der Waals surface area contributed by atoms with Gasteiger partial charge in [0.25, 0.3) is 0 Å². The van der Waals surface area contributed by atoms with Crippen molar-refractivity contribution in [1.29, 1.82) is 5.26 Å². The van der Waals surface area contributed by atoms with Crippen LogP contribution >= 0.6 is 0 Å². The van der Waals surface area contributed by atoms with Crippen LogP contribution in [0.5, 0.6) is 0 Å². The number of aliphatic imine (C=N–C) groups is 1. The molecule has 0 amide bonds. The van der Waals surface area contributed by atoms with Crippen LogP contribution in [0.15, 0.2) is 58.7 Å². The van der Waals surface area contributed by atoms with E-state index < -0.39 is 9.84 Å². The number of guanidine groups is 1. The molecule has 2 aromatic rings. The number of benzene rings is 1. The minimum absolute atomic E-state index is 0.277. The van der Waals surface area contributed by atoms with Crippen LogP contribution < -0.4 is 10.6 Å². The van der Waals surface area contributed by atoms with Crippen molar-refractivity contribution in [2.45, 2.75) is 62.1 Å². The van der Waals surface area contributed by atoms with Crippen molar-refractivity contribution in [3.8, 4) is 6.19 Å². The third-order valence-electron chi connectivity index (χ3n) is 5.72. The van der Waals surface area contributed by atoms with E-state index in [-0.39, 0.29) is 5.25 Å². The Bertz CT molecular complexity index is 1010. The first-order valence-corrected chi connectivity index (χ1v) is 12.3. The Morgan fingerprint density at radius 3 is 2.42 bits per heavy atom. The monoisotopic (exact) mass is 439 g/mol. The summed E-state index contributed by atoms with van der Waals surface area (Å²) in [5.41, 5.74) is 1.62. The molecule has 1 heterocycles. The molecule has 0 saturated heterocycles. The number of pyridine rings is 1. The number of sulfone groups is 1. The highest BCUT2D eigenvalue weighted by Gasteiger charge is 2.31. The van der Waals surface area contributed by atoms with Gasteiger partial charge in [-0.25, -0.2) is 13.4 Å². The lowest BCUT2D eigenvalue weighted by atomic mass is 9.86. The highest BCUT2D eigenvalue weighted by Crippen LogP contribution is 2.33. The van der Waals surface area contributed by atoms with Gasteiger partial charge < -0.3 is 5.32 Å². The second-order valence-corrected chi connectivity index (χ2v) is 10.1. The molecule has 1 aliphatic rings. The minimum Gasteiger partial charge on any atom is -0.325 e. The number of nitrogens with one attached hydrogen (secondary N) is 2. The van der Waals surface area contributed by atoms with E-state index in [0.29, 0.717) is 23.3 Å². The summed E-state index contributed by atoms with van der Waals surface area (Å²) >= 11 is 0. The number of nitriles is 1. The van der Waals surface area contributed by atoms with Gasteiger partial charge in [0.2, 0.25) is 5.96 Å². The first-order chi connectivity index (χ1) is 15.0. The highest BCUT2D eigenvalue weighted by atomic mass is 32.2. The van der Waals surface area contributed by atoms with Gasteiger partial charge in [0.15, 0.2) is 16.0 Å². The molecule has 0 atom stereocenters. The van der Waals surface area contributed by atoms with Gasteiger partial charge in [-0.2, -0.15) is 5.26 Å². The van der Waals surface area contributed by atoms with Crippen LogP contribution in [-0.4, -0.2) is 24.6 Å². The summed E-state index contributed by atoms with van der Waals surface area (Å²) in [6.45, 7) is 2.49. The Morgan fingerprint density at radius 1 is 1.13 bits per heavy atom. The van der Waals surface area contributed by atoms with Gasteiger partial charge in [0.1, 0.15) is 0 Å². The average molecular weight is 440 g/mol. The summed E-state index contributed by atoms with van der Waals surface area (Å²) in [5.74, 6) is 0.989. The molecule has 164 valence electrons. The maximum atomic E-state index is 13.0. The predicted molar refractivity (Wildman–Crippen MR) is 122 cm³/mol. The zero-order chi connectivity index (χ0) is 22.1. The van der Waals surface area contributed by atoms with Crippen LogP contribution in [0.4, 0.5) is 5.69 Å². The molecule has 0 aliphatic heterocycles. The second-order valence-electron chi connectivity index (χ2n) is 7.88. The van der Waals surface area contributed by atoms with Crippen LogP contribution in [0, 0.1) is 17.4 Å². The van der Waals surface area contributed by atoms with Crippen molar-refractivity contribution in [2.75, 3.05) is 5.32 Å². The third kappa shape index (κ3) is 6.28. The zero-order valence-corrected chi connectivity index (χ0v) is 18.6. The van der Waals surface area contributed by atoms with E-state index in [4.69, 9.17) is 5.26 Å². The molecule has 7 nitrogen and oxygen atoms in total. The first-order valence-electron chi connectivity index (χ1n) is 10.7. The molecule has 1 fully saturated rings. The molecule has 31 heavy (non-hydrogen) atoms. The van der Waals surface area contributed by atoms with E-state index in [1.165, 1.54) is 6.42 Å². The maximum Gasteiger partial charge on any atom is 0.209 e. The summed E-state index contributed by atoms with van der Waals surface area (Å²) < 4.78 is 26.1. The molecule has 0 unspecified atom stereocenters. The molecule has 2 N–H and O–H groups in total. The number of anilines is 1. The smallest absolute Gasteiger partial charge is 0.209 e. The Hall–Kier alpha value is -2.92. The van der Waals surface area contributed by atoms with Gasteiger partial charge >= 0.3 is 0 Å². The molecular weight excluding hydrogens is 410 g/mol. The van der Waals surface area contributed by atoms with Crippen LogP contribution in [-0.2, 0) is 16.4 Å². The molecular formula is C23H29N5O2S. The quantitative estimate of drug-likeness (QED) is 0.289. The lowest BCUT2D eigenvalue weighted by Gasteiger charge is -2.28. The highest BCUT2D eigenvalue weighted by molar-refractivity contribution is 7.92. The minimum atomic E-state index is -3.31. The average Bonchev–Trinajstić information content (AvgIpc) is 2.79. The topological polar surface area (TPSA) is 107 Å². The molecule has 3 rings (SSSR count). The molecule has 1 aromatic heterocycles. The number of rotatable bonds is 7. The van der Waals surface area contributed by atoms with Gasteiger partial charge in [-0.05, 0) is 61.4 Å². The number of hydrogen-bond acceptors (Lipinski definition) is 5. The van der Waals surface area contributed by atoms with Crippen LogP contribution in [0.2, 0.25) is 0 Å². The largest absolute Gasteiger partial charge is 0.325 e. The summed E-state index contributed by atoms with van der Waals surface area (Å²) in [6.07, 6.45) is 11.0. The van der Waals surface area contributed by atoms with Crippen molar-refractivity contribution < 1.29 is 8.42 Å². The van der Waals surface area contributed by atoms with Crippen LogP contribution in [0.25, 0.3) is 0 Å². The standard InChI is InChI=1S/C23H29N5O2S/c1-2-3-18-4-8-21(9-5-18)31(29,30)22-10-6-19(7-11-22)16-26-23(27-17-24)28-20-12-14-25-15-13-20/h6-7,10-15,18,21H,2-5,8-9,16H2,1H3,(H2,25,26,27,28). The molecule has 1 aromatic carbocycles. The van der Waals surface area contributed by atoms with Crippen LogP contribution in [0.3, 0.4) is 0 Å². The van der Waals surface area contributed by atoms with Crippen molar-refractivity contribution in [3.05, 3.63) is 54.4 Å². The van der Waals surface area contributed by atoms with Gasteiger partial charge in [-0.1, -0.05) is 31.9 Å². The number of aromatic nitrogens is 1. The molecule has 1 aliphatic carbocycles. The van der Waals surface area contributed by atoms with E-state index in [0.717, 1.165) is 43.4 Å². The van der Waals surface area contributed by atoms with Gasteiger partial charge in [0, 0.05) is 18.1 Å². The second kappa shape index (κ2) is 10.9. The lowest BCUT2D eigenvalue weighted by Crippen LogP contribution is -2.27. The zero-order valence-electron chi connectivity index (χ0n) is 17.8. The lowest BCUT2D eigenvalue weighted by molar-refractivity contribution is 0.336. The van der Waals surface area contributed by atoms with Crippen molar-refractivity contribution >= 4 is 21.5 Å². The predicted octanol–water partition coefficient (Wildman–Crippen LogP) is 4.25. The number of nitrogens with zero attached hydrogens (tertiary/aromatic N) is 3. The van der Waals surface area contributed by atoms with Gasteiger partial charge in [0.05, 0.1) is 16.7 Å². The maximum absolute atomic E-state index is 13.0.